The van der Waals surface area contributed by atoms with Crippen LogP contribution >= 0.6 is 23.5 Å². The second kappa shape index (κ2) is 34.0. The first-order chi connectivity index (χ1) is 47.9. The SMILES string of the molecule is CCN(CC)c1ccc2cc(C(=O)NCCCOc3c4cc(C(C)(C)C)cc3Cc3cc(C(=O)NCCCSC)cc(c3O)Cc3cc(C(C)(C)C)cc(c3OCCCNC(=O)c3cc5ccc(N(CC)CC)cc5oc3=O)Cc3cc(C(=O)NCCCSC)cc(c3O)C4)c(=O)oc2c1. The molecule has 4 amide bonds. The molecule has 18 nitrogen and oxygen atoms in total. The van der Waals surface area contributed by atoms with Gasteiger partial charge >= 0.3 is 11.3 Å². The highest BCUT2D eigenvalue weighted by Crippen LogP contribution is 2.43. The molecule has 0 unspecified atom stereocenters. The number of carbonyl (C=O) groups is 4. The van der Waals surface area contributed by atoms with Crippen molar-refractivity contribution in [3.05, 3.63) is 196 Å². The number of benzene rings is 6. The Bertz CT molecular complexity index is 4030. The van der Waals surface area contributed by atoms with Crippen molar-refractivity contribution in [1.82, 2.24) is 21.3 Å². The van der Waals surface area contributed by atoms with E-state index < -0.39 is 33.9 Å². The fourth-order valence-corrected chi connectivity index (χ4v) is 13.5. The molecule has 6 N–H and O–H groups in total. The van der Waals surface area contributed by atoms with Crippen molar-refractivity contribution in [2.45, 2.75) is 131 Å². The second-order valence-corrected chi connectivity index (χ2v) is 29.5. The van der Waals surface area contributed by atoms with E-state index in [4.69, 9.17) is 18.3 Å². The first-order valence-electron chi connectivity index (χ1n) is 34.9. The number of rotatable bonds is 28. The van der Waals surface area contributed by atoms with E-state index >= 15 is 0 Å². The number of nitrogens with one attached hydrogen (secondary N) is 4. The van der Waals surface area contributed by atoms with Gasteiger partial charge in [0.1, 0.15) is 45.3 Å². The molecule has 2 heterocycles. The summed E-state index contributed by atoms with van der Waals surface area (Å²) in [5, 5.41) is 39.1. The lowest BCUT2D eigenvalue weighted by Gasteiger charge is -2.27. The molecule has 0 aliphatic heterocycles. The third-order valence-electron chi connectivity index (χ3n) is 18.3. The van der Waals surface area contributed by atoms with E-state index in [0.29, 0.717) is 115 Å². The minimum Gasteiger partial charge on any atom is -0.507 e. The minimum absolute atomic E-state index is 0.0279. The number of nitrogens with zero attached hydrogens (tertiary/aromatic N) is 2. The largest absolute Gasteiger partial charge is 0.507 e. The van der Waals surface area contributed by atoms with E-state index in [1.165, 1.54) is 0 Å². The fourth-order valence-electron chi connectivity index (χ4n) is 12.6. The number of aromatic hydroxyl groups is 2. The Morgan fingerprint density at radius 3 is 1.08 bits per heavy atom. The summed E-state index contributed by atoms with van der Waals surface area (Å²) < 4.78 is 25.3. The van der Waals surface area contributed by atoms with Gasteiger partial charge in [0.25, 0.3) is 23.6 Å². The van der Waals surface area contributed by atoms with Crippen LogP contribution in [0.25, 0.3) is 21.9 Å². The van der Waals surface area contributed by atoms with Crippen molar-refractivity contribution < 1.29 is 47.7 Å². The fraction of sp³-hybridized carbons (Fsp3) is 0.425. The Labute approximate surface area is 595 Å². The van der Waals surface area contributed by atoms with Gasteiger partial charge in [-0.15, -0.1) is 0 Å². The Hall–Kier alpha value is -8.88. The summed E-state index contributed by atoms with van der Waals surface area (Å²) in [7, 11) is 0. The van der Waals surface area contributed by atoms with Crippen LogP contribution in [0.4, 0.5) is 11.4 Å². The molecule has 0 atom stereocenters. The van der Waals surface area contributed by atoms with Gasteiger partial charge in [0.15, 0.2) is 0 Å². The molecule has 8 aromatic rings. The molecule has 532 valence electrons. The van der Waals surface area contributed by atoms with Gasteiger partial charge in [-0.1, -0.05) is 65.8 Å². The Morgan fingerprint density at radius 2 is 0.770 bits per heavy atom. The second-order valence-electron chi connectivity index (χ2n) is 27.5. The van der Waals surface area contributed by atoms with Gasteiger partial charge in [0, 0.05) is 123 Å². The number of carbonyl (C=O) groups excluding carboxylic acids is 4. The van der Waals surface area contributed by atoms with Crippen molar-refractivity contribution in [3.63, 3.8) is 0 Å². The van der Waals surface area contributed by atoms with Gasteiger partial charge in [0.05, 0.1) is 13.2 Å². The molecule has 8 bridgehead atoms. The molecule has 20 heteroatoms. The lowest BCUT2D eigenvalue weighted by molar-refractivity contribution is 0.0939. The molecule has 2 aromatic heterocycles. The van der Waals surface area contributed by atoms with Crippen molar-refractivity contribution in [2.24, 2.45) is 0 Å². The van der Waals surface area contributed by atoms with Gasteiger partial charge in [-0.25, -0.2) is 9.59 Å². The highest BCUT2D eigenvalue weighted by Gasteiger charge is 2.29. The molecule has 9 rings (SSSR count). The summed E-state index contributed by atoms with van der Waals surface area (Å²) in [6.45, 7) is 25.2. The molecule has 1 aliphatic rings. The van der Waals surface area contributed by atoms with Crippen molar-refractivity contribution in [2.75, 3.05) is 99.4 Å². The van der Waals surface area contributed by atoms with Crippen molar-refractivity contribution >= 4 is 80.5 Å². The molecule has 0 fully saturated rings. The molecule has 0 saturated carbocycles. The first kappa shape index (κ1) is 75.3. The lowest BCUT2D eigenvalue weighted by atomic mass is 9.81. The summed E-state index contributed by atoms with van der Waals surface area (Å²) in [6.07, 6.45) is 6.48. The van der Waals surface area contributed by atoms with Gasteiger partial charge in [-0.05, 0) is 205 Å². The van der Waals surface area contributed by atoms with Crippen LogP contribution in [0.15, 0.2) is 115 Å². The standard InChI is InChI=1S/C80H98N6O12S2/c1-13-85(14-2)63-23-21-49-45-65(77(93)97-67(49)47-63)75(91)83-25-17-29-95-71-55-33-51-37-59(73(89)81-27-19-31-99-11)39-53(69(51)87)35-57-43-62(80(8,9)10)44-58(72(57)96-30-18-26-84-76(92)66-46-50-22-24-64(86(15-3)16-4)48-68(50)98-78(66)94)36-54-40-60(74(90)82-28-20-32-100-12)38-52(70(54)88)34-56(71)42-61(41-55)79(5,6)7/h21-24,37-48,87-88H,13-20,25-36H2,1-12H3,(H,81,89)(H,82,90)(H,83,91)(H,84,92). The summed E-state index contributed by atoms with van der Waals surface area (Å²) in [6, 6.07) is 29.4. The average Bonchev–Trinajstić information content (AvgIpc) is 0.777. The molecule has 0 spiro atoms. The average molecular weight is 1400 g/mol. The van der Waals surface area contributed by atoms with Crippen LogP contribution < -0.4 is 51.8 Å². The highest BCUT2D eigenvalue weighted by atomic mass is 32.2. The normalized spacial score (nSPS) is 12.3. The van der Waals surface area contributed by atoms with E-state index in [2.05, 4.69) is 125 Å². The Balaban J connectivity index is 1.11. The number of anilines is 2. The van der Waals surface area contributed by atoms with Crippen molar-refractivity contribution in [3.8, 4) is 23.0 Å². The molecule has 1 aliphatic carbocycles. The van der Waals surface area contributed by atoms with Crippen LogP contribution in [0.2, 0.25) is 0 Å². The van der Waals surface area contributed by atoms with Gasteiger partial charge < -0.3 is 59.6 Å². The quantitative estimate of drug-likeness (QED) is 0.0197. The van der Waals surface area contributed by atoms with E-state index in [1.807, 2.05) is 48.9 Å². The number of phenolic OH excluding ortho intramolecular Hbond substituents is 2. The summed E-state index contributed by atoms with van der Waals surface area (Å²) in [4.78, 5) is 87.5. The smallest absolute Gasteiger partial charge is 0.349 e. The highest BCUT2D eigenvalue weighted by molar-refractivity contribution is 7.98. The monoisotopic (exact) mass is 1400 g/mol. The molecular weight excluding hydrogens is 1300 g/mol. The predicted molar refractivity (Wildman–Crippen MR) is 405 cm³/mol. The molecule has 0 saturated heterocycles. The van der Waals surface area contributed by atoms with Crippen molar-refractivity contribution in [1.29, 1.82) is 0 Å². The van der Waals surface area contributed by atoms with Crippen LogP contribution in [0.1, 0.15) is 192 Å². The zero-order chi connectivity index (χ0) is 72.0. The number of fused-ring (bicyclic) bond motifs is 10. The number of ether oxygens (including phenoxy) is 2. The number of amides is 4. The summed E-state index contributed by atoms with van der Waals surface area (Å²) in [5.41, 5.74) is 7.01. The van der Waals surface area contributed by atoms with Crippen LogP contribution in [0, 0.1) is 0 Å². The molecule has 100 heavy (non-hydrogen) atoms. The van der Waals surface area contributed by atoms with Crippen LogP contribution in [0.5, 0.6) is 23.0 Å². The van der Waals surface area contributed by atoms with Gasteiger partial charge in [-0.2, -0.15) is 23.5 Å². The molecule has 0 radical (unpaired) electrons. The third kappa shape index (κ3) is 18.6. The lowest BCUT2D eigenvalue weighted by Crippen LogP contribution is -2.29. The molecular formula is C80H98N6O12S2. The van der Waals surface area contributed by atoms with E-state index in [0.717, 1.165) is 73.0 Å². The van der Waals surface area contributed by atoms with Gasteiger partial charge in [0.2, 0.25) is 0 Å². The Kier molecular flexibility index (Phi) is 25.6. The zero-order valence-corrected chi connectivity index (χ0v) is 61.7. The van der Waals surface area contributed by atoms with Crippen LogP contribution in [-0.2, 0) is 36.5 Å². The maximum Gasteiger partial charge on any atom is 0.349 e. The third-order valence-corrected chi connectivity index (χ3v) is 19.7. The maximum atomic E-state index is 14.5. The van der Waals surface area contributed by atoms with E-state index in [-0.39, 0.29) is 86.4 Å². The molecule has 6 aromatic carbocycles. The van der Waals surface area contributed by atoms with Gasteiger partial charge in [-0.3, -0.25) is 19.2 Å². The van der Waals surface area contributed by atoms with Crippen LogP contribution in [-0.4, -0.2) is 123 Å². The minimum atomic E-state index is -0.752. The summed E-state index contributed by atoms with van der Waals surface area (Å²) >= 11 is 3.38. The maximum absolute atomic E-state index is 14.5. The number of hydrogen-bond acceptors (Lipinski definition) is 16. The predicted octanol–water partition coefficient (Wildman–Crippen LogP) is 13.6. The van der Waals surface area contributed by atoms with E-state index in [1.54, 1.807) is 59.9 Å². The van der Waals surface area contributed by atoms with Crippen LogP contribution in [0.3, 0.4) is 0 Å². The summed E-state index contributed by atoms with van der Waals surface area (Å²) in [5.74, 6) is 0.773. The number of thioether (sulfide) groups is 2. The number of phenols is 2. The first-order valence-corrected chi connectivity index (χ1v) is 37.7. The zero-order valence-electron chi connectivity index (χ0n) is 60.1. The number of hydrogen-bond donors (Lipinski definition) is 6. The van der Waals surface area contributed by atoms with E-state index in [9.17, 15) is 39.0 Å². The topological polar surface area (TPSA) is 242 Å². The Morgan fingerprint density at radius 1 is 0.450 bits per heavy atom.